The van der Waals surface area contributed by atoms with Crippen LogP contribution in [0.1, 0.15) is 11.1 Å². The summed E-state index contributed by atoms with van der Waals surface area (Å²) < 4.78 is 24.0. The summed E-state index contributed by atoms with van der Waals surface area (Å²) in [5.41, 5.74) is 1.33. The van der Waals surface area contributed by atoms with E-state index >= 15 is 0 Å². The van der Waals surface area contributed by atoms with Crippen molar-refractivity contribution < 1.29 is 66.8 Å². The Morgan fingerprint density at radius 3 is 1.52 bits per heavy atom. The van der Waals surface area contributed by atoms with Crippen LogP contribution in [0.25, 0.3) is 0 Å². The largest absolute Gasteiger partial charge is 0.454 e. The molecule has 3 rings (SSSR count). The fraction of sp³-hybridized carbons (Fsp3) is 0.444. The Morgan fingerprint density at radius 2 is 1.04 bits per heavy atom. The van der Waals surface area contributed by atoms with Gasteiger partial charge in [-0.05, 0) is 11.1 Å². The van der Waals surface area contributed by atoms with Gasteiger partial charge < -0.3 is 49.9 Å². The molecule has 0 aromatic heterocycles. The molecule has 1 atom stereocenters. The van der Waals surface area contributed by atoms with Crippen molar-refractivity contribution >= 4 is 53.6 Å². The molecule has 1 aromatic carbocycles. The van der Waals surface area contributed by atoms with Crippen molar-refractivity contribution in [3.8, 4) is 0 Å². The lowest BCUT2D eigenvalue weighted by atomic mass is 10.0. The van der Waals surface area contributed by atoms with Crippen LogP contribution in [0.3, 0.4) is 0 Å². The number of ether oxygens (including phenoxy) is 5. The van der Waals surface area contributed by atoms with Gasteiger partial charge in [0.1, 0.15) is 32.3 Å². The van der Waals surface area contributed by atoms with Gasteiger partial charge >= 0.3 is 30.0 Å². The Morgan fingerprint density at radius 1 is 0.587 bits per heavy atom. The molecule has 2 heterocycles. The second kappa shape index (κ2) is 17.5. The number of hydrogen-bond donors (Lipinski definition) is 4. The van der Waals surface area contributed by atoms with Crippen molar-refractivity contribution in [3.05, 3.63) is 35.4 Å². The van der Waals surface area contributed by atoms with Crippen LogP contribution in [0.2, 0.25) is 0 Å². The van der Waals surface area contributed by atoms with Crippen molar-refractivity contribution in [2.45, 2.75) is 19.0 Å². The number of nitrogens with zero attached hydrogens (tertiary/aromatic N) is 1. The standard InChI is InChI=1S/C27H31N5O14/c33-19-12-44-24(38)9-30-21(35)14-46-26(40)18(7-16-1-3-17(4-2-16)11-32-5-6-42-27(32)41)31-22(36)15-45-25(39)10-29-20(34)13-43-23(37)8-28-19/h1-4,18H,5-15H2,(H,28,33)(H,29,34)(H,30,35)(H,31,36). The first kappa shape index (κ1) is 34.7. The minimum atomic E-state index is -1.36. The third-order valence-corrected chi connectivity index (χ3v) is 6.03. The number of amides is 5. The topological polar surface area (TPSA) is 251 Å². The van der Waals surface area contributed by atoms with E-state index in [4.69, 9.17) is 14.2 Å². The van der Waals surface area contributed by atoms with Gasteiger partial charge in [-0.3, -0.25) is 33.6 Å². The highest BCUT2D eigenvalue weighted by molar-refractivity contribution is 5.90. The molecule has 0 spiro atoms. The number of rotatable bonds is 4. The van der Waals surface area contributed by atoms with E-state index in [1.54, 1.807) is 24.3 Å². The van der Waals surface area contributed by atoms with E-state index < -0.39 is 106 Å². The zero-order valence-corrected chi connectivity index (χ0v) is 24.3. The van der Waals surface area contributed by atoms with E-state index in [1.807, 2.05) is 0 Å². The quantitative estimate of drug-likeness (QED) is 0.180. The van der Waals surface area contributed by atoms with Gasteiger partial charge in [0.25, 0.3) is 23.6 Å². The molecule has 2 saturated heterocycles. The fourth-order valence-corrected chi connectivity index (χ4v) is 3.73. The van der Waals surface area contributed by atoms with E-state index in [0.717, 1.165) is 5.56 Å². The minimum absolute atomic E-state index is 0.116. The van der Waals surface area contributed by atoms with Gasteiger partial charge in [0.15, 0.2) is 26.4 Å². The summed E-state index contributed by atoms with van der Waals surface area (Å²) in [4.78, 5) is 110. The zero-order valence-electron chi connectivity index (χ0n) is 24.3. The summed E-state index contributed by atoms with van der Waals surface area (Å²) >= 11 is 0. The maximum absolute atomic E-state index is 12.9. The molecule has 19 nitrogen and oxygen atoms in total. The van der Waals surface area contributed by atoms with Crippen LogP contribution in [0.15, 0.2) is 24.3 Å². The number of cyclic esters (lactones) is 5. The lowest BCUT2D eigenvalue weighted by molar-refractivity contribution is -0.154. The van der Waals surface area contributed by atoms with Crippen LogP contribution in [-0.2, 0) is 75.0 Å². The van der Waals surface area contributed by atoms with Crippen molar-refractivity contribution in [2.75, 3.05) is 59.2 Å². The number of benzene rings is 1. The second-order valence-corrected chi connectivity index (χ2v) is 9.60. The predicted molar refractivity (Wildman–Crippen MR) is 147 cm³/mol. The summed E-state index contributed by atoms with van der Waals surface area (Å²) in [7, 11) is 0. The number of carbonyl (C=O) groups is 9. The molecule has 0 aliphatic carbocycles. The Labute approximate surface area is 260 Å². The van der Waals surface area contributed by atoms with Crippen LogP contribution < -0.4 is 21.3 Å². The van der Waals surface area contributed by atoms with E-state index in [2.05, 4.69) is 30.7 Å². The molecule has 248 valence electrons. The van der Waals surface area contributed by atoms with Gasteiger partial charge in [0.05, 0.1) is 6.54 Å². The highest BCUT2D eigenvalue weighted by atomic mass is 16.6. The number of hydrogen-bond acceptors (Lipinski definition) is 14. The molecule has 1 aromatic rings. The molecule has 2 aliphatic rings. The maximum Gasteiger partial charge on any atom is 0.410 e. The molecular weight excluding hydrogens is 618 g/mol. The molecule has 0 bridgehead atoms. The summed E-state index contributed by atoms with van der Waals surface area (Å²) in [5.74, 6) is -7.68. The first-order chi connectivity index (χ1) is 22.0. The summed E-state index contributed by atoms with van der Waals surface area (Å²) in [6.07, 6.45) is -0.549. The van der Waals surface area contributed by atoms with Crippen molar-refractivity contribution in [1.29, 1.82) is 0 Å². The lowest BCUT2D eigenvalue weighted by Crippen LogP contribution is -2.46. The first-order valence-corrected chi connectivity index (χ1v) is 13.7. The molecule has 2 fully saturated rings. The van der Waals surface area contributed by atoms with Gasteiger partial charge in [-0.15, -0.1) is 0 Å². The number of carbonyl (C=O) groups excluding carboxylic acids is 9. The summed E-state index contributed by atoms with van der Waals surface area (Å²) in [6.45, 7) is -4.29. The molecule has 0 saturated carbocycles. The number of nitrogens with one attached hydrogen (secondary N) is 4. The zero-order chi connectivity index (χ0) is 33.5. The van der Waals surface area contributed by atoms with Gasteiger partial charge in [-0.1, -0.05) is 24.3 Å². The van der Waals surface area contributed by atoms with Crippen LogP contribution >= 0.6 is 0 Å². The van der Waals surface area contributed by atoms with Crippen molar-refractivity contribution in [3.63, 3.8) is 0 Å². The van der Waals surface area contributed by atoms with E-state index in [9.17, 15) is 43.2 Å². The number of esters is 4. The van der Waals surface area contributed by atoms with Crippen LogP contribution in [0.5, 0.6) is 0 Å². The second-order valence-electron chi connectivity index (χ2n) is 9.60. The third-order valence-electron chi connectivity index (χ3n) is 6.03. The smallest absolute Gasteiger partial charge is 0.410 e. The molecule has 46 heavy (non-hydrogen) atoms. The average Bonchev–Trinajstić information content (AvgIpc) is 3.44. The molecule has 19 heteroatoms. The fourth-order valence-electron chi connectivity index (χ4n) is 3.73. The Hall–Kier alpha value is -5.75. The minimum Gasteiger partial charge on any atom is -0.454 e. The summed E-state index contributed by atoms with van der Waals surface area (Å²) in [5, 5.41) is 8.68. The highest BCUT2D eigenvalue weighted by Crippen LogP contribution is 2.13. The molecule has 0 radical (unpaired) electrons. The molecule has 4 N–H and O–H groups in total. The van der Waals surface area contributed by atoms with Crippen LogP contribution in [0, 0.1) is 0 Å². The predicted octanol–water partition coefficient (Wildman–Crippen LogP) is -3.80. The van der Waals surface area contributed by atoms with Crippen molar-refractivity contribution in [1.82, 2.24) is 26.2 Å². The highest BCUT2D eigenvalue weighted by Gasteiger charge is 2.26. The van der Waals surface area contributed by atoms with Crippen LogP contribution in [0.4, 0.5) is 4.79 Å². The van der Waals surface area contributed by atoms with Crippen molar-refractivity contribution in [2.24, 2.45) is 0 Å². The molecule has 1 unspecified atom stereocenters. The Kier molecular flexibility index (Phi) is 13.2. The van der Waals surface area contributed by atoms with Gasteiger partial charge in [0.2, 0.25) is 0 Å². The van der Waals surface area contributed by atoms with Crippen LogP contribution in [-0.4, -0.2) is 124 Å². The third kappa shape index (κ3) is 12.5. The van der Waals surface area contributed by atoms with E-state index in [0.29, 0.717) is 25.3 Å². The van der Waals surface area contributed by atoms with Gasteiger partial charge in [-0.2, -0.15) is 0 Å². The average molecular weight is 650 g/mol. The Bertz CT molecular complexity index is 1350. The van der Waals surface area contributed by atoms with Gasteiger partial charge in [-0.25, -0.2) is 9.59 Å². The summed E-state index contributed by atoms with van der Waals surface area (Å²) in [6, 6.07) is 5.37. The molecule has 5 amide bonds. The SMILES string of the molecule is O=C1COC(=O)CNC(=O)COC(=O)C(Cc2ccc(CN3CCOC3=O)cc2)NC(=O)COC(=O)CNC(=O)COC(=O)CN1. The normalized spacial score (nSPS) is 20.4. The first-order valence-electron chi connectivity index (χ1n) is 13.7. The maximum atomic E-state index is 12.9. The monoisotopic (exact) mass is 649 g/mol. The van der Waals surface area contributed by atoms with Gasteiger partial charge in [0, 0.05) is 13.0 Å². The molecular formula is C27H31N5O14. The lowest BCUT2D eigenvalue weighted by Gasteiger charge is -2.18. The Balaban J connectivity index is 1.64. The molecule has 2 aliphatic heterocycles. The van der Waals surface area contributed by atoms with E-state index in [-0.39, 0.29) is 6.42 Å². The van der Waals surface area contributed by atoms with E-state index in [1.165, 1.54) is 4.90 Å².